The quantitative estimate of drug-likeness (QED) is 0.831. The Kier molecular flexibility index (Phi) is 4.94. The molecule has 1 amide bonds. The maximum absolute atomic E-state index is 13.3. The molecule has 0 unspecified atom stereocenters. The number of ether oxygens (including phenoxy) is 1. The number of hydrogen-bond donors (Lipinski definition) is 1. The van der Waals surface area contributed by atoms with E-state index in [1.54, 1.807) is 0 Å². The van der Waals surface area contributed by atoms with Crippen molar-refractivity contribution in [1.82, 2.24) is 5.32 Å². The summed E-state index contributed by atoms with van der Waals surface area (Å²) >= 11 is 0. The van der Waals surface area contributed by atoms with Crippen molar-refractivity contribution in [3.05, 3.63) is 35.4 Å². The van der Waals surface area contributed by atoms with Gasteiger partial charge in [-0.15, -0.1) is 0 Å². The van der Waals surface area contributed by atoms with Gasteiger partial charge in [-0.2, -0.15) is 5.26 Å². The lowest BCUT2D eigenvalue weighted by Gasteiger charge is -2.11. The van der Waals surface area contributed by atoms with Crippen molar-refractivity contribution in [2.75, 3.05) is 6.61 Å². The number of rotatable bonds is 4. The van der Waals surface area contributed by atoms with E-state index in [9.17, 15) is 18.4 Å². The maximum Gasteiger partial charge on any atom is 0.343 e. The van der Waals surface area contributed by atoms with Gasteiger partial charge in [-0.1, -0.05) is 6.07 Å². The van der Waals surface area contributed by atoms with Crippen molar-refractivity contribution < 1.29 is 23.1 Å². The van der Waals surface area contributed by atoms with Crippen molar-refractivity contribution >= 4 is 11.9 Å². The molecule has 0 fully saturated rings. The molecule has 7 heteroatoms. The Morgan fingerprint density at radius 1 is 1.42 bits per heavy atom. The van der Waals surface area contributed by atoms with E-state index in [0.29, 0.717) is 0 Å². The van der Waals surface area contributed by atoms with E-state index in [1.165, 1.54) is 13.0 Å². The van der Waals surface area contributed by atoms with Crippen molar-refractivity contribution in [1.29, 1.82) is 5.26 Å². The molecular weight excluding hydrogens is 258 g/mol. The van der Waals surface area contributed by atoms with Gasteiger partial charge in [0.05, 0.1) is 12.7 Å². The van der Waals surface area contributed by atoms with Crippen LogP contribution in [0.15, 0.2) is 18.2 Å². The summed E-state index contributed by atoms with van der Waals surface area (Å²) in [6, 6.07) is 2.73. The van der Waals surface area contributed by atoms with Crippen LogP contribution < -0.4 is 5.32 Å². The first-order valence-electron chi connectivity index (χ1n) is 5.32. The third-order valence-electron chi connectivity index (χ3n) is 2.12. The van der Waals surface area contributed by atoms with Gasteiger partial charge in [0.25, 0.3) is 5.91 Å². The molecule has 0 aliphatic heterocycles. The number of benzene rings is 1. The summed E-state index contributed by atoms with van der Waals surface area (Å²) in [6.45, 7) is 1.53. The number of esters is 1. The number of carbonyl (C=O) groups is 2. The fourth-order valence-electron chi connectivity index (χ4n) is 1.29. The average Bonchev–Trinajstić information content (AvgIpc) is 2.35. The van der Waals surface area contributed by atoms with Gasteiger partial charge in [0.15, 0.2) is 0 Å². The Morgan fingerprint density at radius 3 is 2.47 bits per heavy atom. The normalized spacial score (nSPS) is 11.3. The number of halogens is 2. The second-order valence-electron chi connectivity index (χ2n) is 3.38. The monoisotopic (exact) mass is 268 g/mol. The van der Waals surface area contributed by atoms with Crippen molar-refractivity contribution in [3.63, 3.8) is 0 Å². The van der Waals surface area contributed by atoms with Crippen molar-refractivity contribution in [2.45, 2.75) is 13.0 Å². The minimum Gasteiger partial charge on any atom is -0.464 e. The topological polar surface area (TPSA) is 79.2 Å². The van der Waals surface area contributed by atoms with Crippen LogP contribution in [0.5, 0.6) is 0 Å². The first-order valence-corrected chi connectivity index (χ1v) is 5.32. The van der Waals surface area contributed by atoms with E-state index in [-0.39, 0.29) is 6.61 Å². The zero-order valence-electron chi connectivity index (χ0n) is 9.94. The molecule has 0 radical (unpaired) electrons. The number of nitriles is 1. The van der Waals surface area contributed by atoms with Gasteiger partial charge in [0.1, 0.15) is 17.2 Å². The molecule has 0 heterocycles. The van der Waals surface area contributed by atoms with Gasteiger partial charge in [0, 0.05) is 0 Å². The van der Waals surface area contributed by atoms with Crippen LogP contribution >= 0.6 is 0 Å². The van der Waals surface area contributed by atoms with E-state index in [0.717, 1.165) is 18.2 Å². The Morgan fingerprint density at radius 2 is 2.00 bits per heavy atom. The summed E-state index contributed by atoms with van der Waals surface area (Å²) in [4.78, 5) is 22.9. The molecule has 0 aliphatic carbocycles. The van der Waals surface area contributed by atoms with Crippen molar-refractivity contribution in [2.24, 2.45) is 0 Å². The van der Waals surface area contributed by atoms with Crippen LogP contribution in [0.25, 0.3) is 0 Å². The van der Waals surface area contributed by atoms with Crippen LogP contribution in [-0.2, 0) is 9.53 Å². The average molecular weight is 268 g/mol. The standard InChI is InChI=1S/C12H10F2N2O3/c1-2-19-12(18)9(6-15)16-11(17)10-7(13)4-3-5-8(10)14/h3-5,9H,2H2,1H3,(H,16,17)/t9-/m0/s1. The number of carbonyl (C=O) groups excluding carboxylic acids is 2. The predicted molar refractivity (Wildman–Crippen MR) is 59.9 cm³/mol. The predicted octanol–water partition coefficient (Wildman–Crippen LogP) is 1.15. The van der Waals surface area contributed by atoms with Crippen molar-refractivity contribution in [3.8, 4) is 6.07 Å². The Balaban J connectivity index is 2.90. The van der Waals surface area contributed by atoms with Crippen LogP contribution in [0.4, 0.5) is 8.78 Å². The third-order valence-corrected chi connectivity index (χ3v) is 2.12. The molecular formula is C12H10F2N2O3. The molecule has 1 aromatic rings. The molecule has 0 saturated heterocycles. The lowest BCUT2D eigenvalue weighted by Crippen LogP contribution is -2.41. The molecule has 0 aliphatic rings. The molecule has 19 heavy (non-hydrogen) atoms. The highest BCUT2D eigenvalue weighted by Gasteiger charge is 2.25. The van der Waals surface area contributed by atoms with E-state index in [2.05, 4.69) is 4.74 Å². The largest absolute Gasteiger partial charge is 0.464 e. The summed E-state index contributed by atoms with van der Waals surface area (Å²) < 4.78 is 31.1. The van der Waals surface area contributed by atoms with Crippen LogP contribution in [0.1, 0.15) is 17.3 Å². The second kappa shape index (κ2) is 6.44. The minimum absolute atomic E-state index is 0.0148. The Labute approximate surface area is 107 Å². The summed E-state index contributed by atoms with van der Waals surface area (Å²) in [5, 5.41) is 10.6. The zero-order valence-corrected chi connectivity index (χ0v) is 9.94. The smallest absolute Gasteiger partial charge is 0.343 e. The number of nitrogens with one attached hydrogen (secondary N) is 1. The number of hydrogen-bond acceptors (Lipinski definition) is 4. The van der Waals surface area contributed by atoms with Crippen LogP contribution in [0.3, 0.4) is 0 Å². The van der Waals surface area contributed by atoms with Gasteiger partial charge in [0.2, 0.25) is 6.04 Å². The SMILES string of the molecule is CCOC(=O)[C@H](C#N)NC(=O)c1c(F)cccc1F. The highest BCUT2D eigenvalue weighted by atomic mass is 19.1. The van der Waals surface area contributed by atoms with Crippen LogP contribution in [-0.4, -0.2) is 24.5 Å². The van der Waals surface area contributed by atoms with Gasteiger partial charge < -0.3 is 10.1 Å². The van der Waals surface area contributed by atoms with Crippen LogP contribution in [0, 0.1) is 23.0 Å². The lowest BCUT2D eigenvalue weighted by atomic mass is 10.1. The molecule has 100 valence electrons. The molecule has 5 nitrogen and oxygen atoms in total. The second-order valence-corrected chi connectivity index (χ2v) is 3.38. The maximum atomic E-state index is 13.3. The minimum atomic E-state index is -1.62. The molecule has 0 spiro atoms. The fraction of sp³-hybridized carbons (Fsp3) is 0.250. The fourth-order valence-corrected chi connectivity index (χ4v) is 1.29. The highest BCUT2D eigenvalue weighted by Crippen LogP contribution is 2.12. The Bertz CT molecular complexity index is 520. The molecule has 0 bridgehead atoms. The van der Waals surface area contributed by atoms with E-state index >= 15 is 0 Å². The third kappa shape index (κ3) is 3.48. The molecule has 1 aromatic carbocycles. The summed E-state index contributed by atoms with van der Waals surface area (Å²) in [5.41, 5.74) is -0.855. The summed E-state index contributed by atoms with van der Waals surface area (Å²) in [6.07, 6.45) is 0. The van der Waals surface area contributed by atoms with Gasteiger partial charge in [-0.25, -0.2) is 13.6 Å². The van der Waals surface area contributed by atoms with Crippen LogP contribution in [0.2, 0.25) is 0 Å². The number of amides is 1. The lowest BCUT2D eigenvalue weighted by molar-refractivity contribution is -0.143. The van der Waals surface area contributed by atoms with Gasteiger partial charge in [-0.3, -0.25) is 4.79 Å². The zero-order chi connectivity index (χ0) is 14.4. The molecule has 1 atom stereocenters. The van der Waals surface area contributed by atoms with Gasteiger partial charge in [-0.05, 0) is 19.1 Å². The summed E-state index contributed by atoms with van der Waals surface area (Å²) in [7, 11) is 0. The summed E-state index contributed by atoms with van der Waals surface area (Å²) in [5.74, 6) is -4.36. The van der Waals surface area contributed by atoms with E-state index in [4.69, 9.17) is 5.26 Å². The molecule has 0 saturated carbocycles. The van der Waals surface area contributed by atoms with Gasteiger partial charge >= 0.3 is 5.97 Å². The van der Waals surface area contributed by atoms with E-state index < -0.39 is 35.1 Å². The Hall–Kier alpha value is -2.49. The molecule has 1 rings (SSSR count). The molecule has 1 N–H and O–H groups in total. The number of nitrogens with zero attached hydrogens (tertiary/aromatic N) is 1. The first-order chi connectivity index (χ1) is 9.01. The molecule has 0 aromatic heterocycles. The first kappa shape index (κ1) is 14.6. The highest BCUT2D eigenvalue weighted by molar-refractivity contribution is 5.97. The van der Waals surface area contributed by atoms with E-state index in [1.807, 2.05) is 5.32 Å².